The molecule has 2 aromatic rings. The third-order valence-corrected chi connectivity index (χ3v) is 6.35. The number of hydrogen-bond acceptors (Lipinski definition) is 4. The summed E-state index contributed by atoms with van der Waals surface area (Å²) < 4.78 is 0. The van der Waals surface area contributed by atoms with E-state index < -0.39 is 0 Å². The summed E-state index contributed by atoms with van der Waals surface area (Å²) in [5, 5.41) is 2.96. The SMILES string of the molecule is CC12CCC(=O)N1C(C(=O)NCCc1nc3ccccc3[nH]1)CS2. The van der Waals surface area contributed by atoms with Crippen LogP contribution in [0.5, 0.6) is 0 Å². The first-order chi connectivity index (χ1) is 11.6. The second-order valence-corrected chi connectivity index (χ2v) is 8.01. The zero-order valence-electron chi connectivity index (χ0n) is 13.5. The molecule has 0 aliphatic carbocycles. The van der Waals surface area contributed by atoms with Crippen LogP contribution in [0, 0.1) is 0 Å². The summed E-state index contributed by atoms with van der Waals surface area (Å²) in [5.74, 6) is 1.58. The van der Waals surface area contributed by atoms with Gasteiger partial charge in [0, 0.05) is 25.1 Å². The molecule has 0 radical (unpaired) electrons. The van der Waals surface area contributed by atoms with Gasteiger partial charge < -0.3 is 15.2 Å². The van der Waals surface area contributed by atoms with Gasteiger partial charge in [-0.15, -0.1) is 11.8 Å². The van der Waals surface area contributed by atoms with Gasteiger partial charge >= 0.3 is 0 Å². The van der Waals surface area contributed by atoms with Gasteiger partial charge in [0.1, 0.15) is 11.9 Å². The van der Waals surface area contributed by atoms with Crippen molar-refractivity contribution >= 4 is 34.6 Å². The lowest BCUT2D eigenvalue weighted by molar-refractivity contribution is -0.137. The normalized spacial score (nSPS) is 26.1. The lowest BCUT2D eigenvalue weighted by atomic mass is 10.2. The number of rotatable bonds is 4. The first-order valence-corrected chi connectivity index (χ1v) is 9.23. The highest BCUT2D eigenvalue weighted by molar-refractivity contribution is 8.01. The van der Waals surface area contributed by atoms with E-state index in [1.54, 1.807) is 16.7 Å². The zero-order chi connectivity index (χ0) is 16.7. The van der Waals surface area contributed by atoms with Crippen LogP contribution in [0.15, 0.2) is 24.3 Å². The Bertz CT molecular complexity index is 772. The van der Waals surface area contributed by atoms with Crippen molar-refractivity contribution in [3.05, 3.63) is 30.1 Å². The Labute approximate surface area is 144 Å². The van der Waals surface area contributed by atoms with Gasteiger partial charge in [-0.25, -0.2) is 4.98 Å². The quantitative estimate of drug-likeness (QED) is 0.884. The van der Waals surface area contributed by atoms with Crippen molar-refractivity contribution in [1.82, 2.24) is 20.2 Å². The third-order valence-electron chi connectivity index (χ3n) is 4.85. The molecule has 2 aliphatic rings. The third kappa shape index (κ3) is 2.56. The van der Waals surface area contributed by atoms with Crippen LogP contribution in [0.25, 0.3) is 11.0 Å². The van der Waals surface area contributed by atoms with Gasteiger partial charge in [-0.3, -0.25) is 9.59 Å². The first kappa shape index (κ1) is 15.5. The molecule has 7 heteroatoms. The molecular weight excluding hydrogens is 324 g/mol. The van der Waals surface area contributed by atoms with Crippen molar-refractivity contribution in [1.29, 1.82) is 0 Å². The molecule has 4 rings (SSSR count). The van der Waals surface area contributed by atoms with Crippen LogP contribution < -0.4 is 5.32 Å². The zero-order valence-corrected chi connectivity index (χ0v) is 14.4. The lowest BCUT2D eigenvalue weighted by Gasteiger charge is -2.29. The van der Waals surface area contributed by atoms with Crippen molar-refractivity contribution in [3.8, 4) is 0 Å². The molecule has 126 valence electrons. The molecule has 2 aliphatic heterocycles. The van der Waals surface area contributed by atoms with Crippen molar-refractivity contribution in [2.75, 3.05) is 12.3 Å². The van der Waals surface area contributed by atoms with E-state index in [9.17, 15) is 9.59 Å². The van der Waals surface area contributed by atoms with Crippen molar-refractivity contribution in [2.45, 2.75) is 37.1 Å². The van der Waals surface area contributed by atoms with Crippen LogP contribution in [0.2, 0.25) is 0 Å². The molecule has 0 saturated carbocycles. The van der Waals surface area contributed by atoms with Gasteiger partial charge in [0.25, 0.3) is 0 Å². The van der Waals surface area contributed by atoms with Crippen LogP contribution in [-0.2, 0) is 16.0 Å². The fourth-order valence-electron chi connectivity index (χ4n) is 3.56. The number of fused-ring (bicyclic) bond motifs is 2. The van der Waals surface area contributed by atoms with E-state index in [0.29, 0.717) is 25.1 Å². The molecule has 2 fully saturated rings. The van der Waals surface area contributed by atoms with Gasteiger partial charge in [0.05, 0.1) is 15.9 Å². The highest BCUT2D eigenvalue weighted by Crippen LogP contribution is 2.47. The molecule has 2 unspecified atom stereocenters. The maximum atomic E-state index is 12.5. The Balaban J connectivity index is 1.36. The van der Waals surface area contributed by atoms with Gasteiger partial charge in [0.2, 0.25) is 11.8 Å². The summed E-state index contributed by atoms with van der Waals surface area (Å²) in [6.07, 6.45) is 2.02. The number of benzene rings is 1. The Morgan fingerprint density at radius 3 is 3.17 bits per heavy atom. The fourth-order valence-corrected chi connectivity index (χ4v) is 4.99. The predicted octanol–water partition coefficient (Wildman–Crippen LogP) is 1.68. The van der Waals surface area contributed by atoms with E-state index in [2.05, 4.69) is 22.2 Å². The predicted molar refractivity (Wildman–Crippen MR) is 93.5 cm³/mol. The van der Waals surface area contributed by atoms with Crippen molar-refractivity contribution in [3.63, 3.8) is 0 Å². The van der Waals surface area contributed by atoms with Gasteiger partial charge in [-0.2, -0.15) is 0 Å². The molecule has 1 aromatic heterocycles. The Kier molecular flexibility index (Phi) is 3.75. The van der Waals surface area contributed by atoms with Gasteiger partial charge in [-0.05, 0) is 25.5 Å². The average Bonchev–Trinajstić information content (AvgIpc) is 3.20. The second kappa shape index (κ2) is 5.81. The molecule has 2 amide bonds. The highest BCUT2D eigenvalue weighted by Gasteiger charge is 2.52. The summed E-state index contributed by atoms with van der Waals surface area (Å²) in [4.78, 5) is 33.9. The highest BCUT2D eigenvalue weighted by atomic mass is 32.2. The Hall–Kier alpha value is -2.02. The van der Waals surface area contributed by atoms with Crippen LogP contribution in [0.3, 0.4) is 0 Å². The lowest BCUT2D eigenvalue weighted by Crippen LogP contribution is -2.50. The number of aromatic nitrogens is 2. The molecule has 2 N–H and O–H groups in total. The summed E-state index contributed by atoms with van der Waals surface area (Å²) in [5.41, 5.74) is 1.94. The number of nitrogens with one attached hydrogen (secondary N) is 2. The number of H-pyrrole nitrogens is 1. The first-order valence-electron chi connectivity index (χ1n) is 8.24. The van der Waals surface area contributed by atoms with E-state index >= 15 is 0 Å². The minimum Gasteiger partial charge on any atom is -0.354 e. The molecule has 3 heterocycles. The van der Waals surface area contributed by atoms with Gasteiger partial charge in [-0.1, -0.05) is 12.1 Å². The maximum absolute atomic E-state index is 12.5. The summed E-state index contributed by atoms with van der Waals surface area (Å²) >= 11 is 1.71. The minimum atomic E-state index is -0.342. The van der Waals surface area contributed by atoms with E-state index in [-0.39, 0.29) is 22.7 Å². The van der Waals surface area contributed by atoms with Crippen LogP contribution in [0.1, 0.15) is 25.6 Å². The number of carbonyl (C=O) groups is 2. The molecule has 24 heavy (non-hydrogen) atoms. The average molecular weight is 344 g/mol. The fraction of sp³-hybridized carbons (Fsp3) is 0.471. The molecule has 6 nitrogen and oxygen atoms in total. The molecule has 0 bridgehead atoms. The molecule has 2 saturated heterocycles. The van der Waals surface area contributed by atoms with E-state index in [4.69, 9.17) is 0 Å². The largest absolute Gasteiger partial charge is 0.354 e. The smallest absolute Gasteiger partial charge is 0.243 e. The number of amides is 2. The summed E-state index contributed by atoms with van der Waals surface area (Å²) in [6.45, 7) is 2.57. The number of imidazole rings is 1. The van der Waals surface area contributed by atoms with Crippen LogP contribution >= 0.6 is 11.8 Å². The van der Waals surface area contributed by atoms with Crippen LogP contribution in [0.4, 0.5) is 0 Å². The molecule has 0 spiro atoms. The van der Waals surface area contributed by atoms with Crippen molar-refractivity contribution in [2.24, 2.45) is 0 Å². The maximum Gasteiger partial charge on any atom is 0.243 e. The van der Waals surface area contributed by atoms with E-state index in [0.717, 1.165) is 23.3 Å². The summed E-state index contributed by atoms with van der Waals surface area (Å²) in [6, 6.07) is 7.53. The van der Waals surface area contributed by atoms with Crippen molar-refractivity contribution < 1.29 is 9.59 Å². The van der Waals surface area contributed by atoms with Gasteiger partial charge in [0.15, 0.2) is 0 Å². The minimum absolute atomic E-state index is 0.0578. The standard InChI is InChI=1S/C17H20N4O2S/c1-17-8-6-15(22)21(17)13(10-24-17)16(23)18-9-7-14-19-11-4-2-3-5-12(11)20-14/h2-5,13H,6-10H2,1H3,(H,18,23)(H,19,20). The Morgan fingerprint density at radius 2 is 2.33 bits per heavy atom. The molecular formula is C17H20N4O2S. The van der Waals surface area contributed by atoms with Crippen LogP contribution in [-0.4, -0.2) is 49.9 Å². The Morgan fingerprint density at radius 1 is 1.50 bits per heavy atom. The number of nitrogens with zero attached hydrogens (tertiary/aromatic N) is 2. The number of para-hydroxylation sites is 2. The molecule has 1 aromatic carbocycles. The number of hydrogen-bond donors (Lipinski definition) is 2. The number of thioether (sulfide) groups is 1. The number of carbonyl (C=O) groups excluding carboxylic acids is 2. The van der Waals surface area contributed by atoms with E-state index in [1.807, 2.05) is 24.3 Å². The topological polar surface area (TPSA) is 78.1 Å². The second-order valence-electron chi connectivity index (χ2n) is 6.51. The number of aromatic amines is 1. The molecule has 2 atom stereocenters. The van der Waals surface area contributed by atoms with E-state index in [1.165, 1.54) is 0 Å². The summed E-state index contributed by atoms with van der Waals surface area (Å²) in [7, 11) is 0. The monoisotopic (exact) mass is 344 g/mol.